The molecule has 5 heteroatoms. The van der Waals surface area contributed by atoms with Gasteiger partial charge in [-0.05, 0) is 18.8 Å². The molecule has 0 radical (unpaired) electrons. The van der Waals surface area contributed by atoms with Crippen LogP contribution in [0.5, 0.6) is 0 Å². The number of carbonyl (C=O) groups is 2. The minimum Gasteiger partial charge on any atom is -0.383 e. The Labute approximate surface area is 101 Å². The molecule has 2 N–H and O–H groups in total. The number of likely N-dealkylation sites (tertiary alicyclic amines) is 1. The van der Waals surface area contributed by atoms with Crippen molar-refractivity contribution in [2.24, 2.45) is 23.5 Å². The predicted octanol–water partition coefficient (Wildman–Crippen LogP) is -0.00880. The van der Waals surface area contributed by atoms with Gasteiger partial charge in [0, 0.05) is 19.7 Å². The molecule has 3 unspecified atom stereocenters. The molecule has 1 aliphatic carbocycles. The van der Waals surface area contributed by atoms with Crippen molar-refractivity contribution < 1.29 is 14.3 Å². The van der Waals surface area contributed by atoms with E-state index in [1.54, 1.807) is 7.11 Å². The summed E-state index contributed by atoms with van der Waals surface area (Å²) >= 11 is 0. The molecule has 17 heavy (non-hydrogen) atoms. The first-order valence-corrected chi connectivity index (χ1v) is 6.14. The fourth-order valence-electron chi connectivity index (χ4n) is 3.03. The molecule has 0 aromatic rings. The molecular formula is C12H20N2O3. The van der Waals surface area contributed by atoms with Crippen molar-refractivity contribution in [3.05, 3.63) is 0 Å². The van der Waals surface area contributed by atoms with Gasteiger partial charge in [0.2, 0.25) is 11.8 Å². The molecule has 3 atom stereocenters. The van der Waals surface area contributed by atoms with Gasteiger partial charge in [-0.1, -0.05) is 6.92 Å². The van der Waals surface area contributed by atoms with Crippen molar-refractivity contribution in [3.63, 3.8) is 0 Å². The number of ether oxygens (including phenoxy) is 1. The van der Waals surface area contributed by atoms with Crippen LogP contribution < -0.4 is 5.73 Å². The summed E-state index contributed by atoms with van der Waals surface area (Å²) in [5.74, 6) is 0.235. The second kappa shape index (κ2) is 4.74. The quantitative estimate of drug-likeness (QED) is 0.702. The van der Waals surface area contributed by atoms with E-state index in [2.05, 4.69) is 6.92 Å². The maximum atomic E-state index is 12.1. The van der Waals surface area contributed by atoms with Gasteiger partial charge in [0.1, 0.15) is 0 Å². The molecule has 0 aromatic heterocycles. The lowest BCUT2D eigenvalue weighted by molar-refractivity contribution is -0.141. The van der Waals surface area contributed by atoms with Gasteiger partial charge in [0.25, 0.3) is 0 Å². The number of nitrogens with two attached hydrogens (primary N) is 1. The van der Waals surface area contributed by atoms with Crippen LogP contribution in [0.15, 0.2) is 0 Å². The highest BCUT2D eigenvalue weighted by Crippen LogP contribution is 2.42. The highest BCUT2D eigenvalue weighted by molar-refractivity contribution is 6.05. The van der Waals surface area contributed by atoms with Crippen LogP contribution in [0.4, 0.5) is 0 Å². The van der Waals surface area contributed by atoms with Gasteiger partial charge >= 0.3 is 0 Å². The number of nitrogens with zero attached hydrogens (tertiary/aromatic N) is 1. The van der Waals surface area contributed by atoms with Crippen molar-refractivity contribution in [1.29, 1.82) is 0 Å². The first-order chi connectivity index (χ1) is 8.04. The number of methoxy groups -OCH3 is 1. The normalized spacial score (nSPS) is 34.3. The van der Waals surface area contributed by atoms with Crippen molar-refractivity contribution >= 4 is 11.8 Å². The average molecular weight is 240 g/mol. The molecule has 1 aliphatic heterocycles. The van der Waals surface area contributed by atoms with E-state index in [0.717, 1.165) is 12.8 Å². The van der Waals surface area contributed by atoms with Crippen LogP contribution in [0.1, 0.15) is 19.8 Å². The average Bonchev–Trinajstić information content (AvgIpc) is 2.74. The zero-order chi connectivity index (χ0) is 12.6. The standard InChI is InChI=1S/C12H20N2O3/c1-7-3-9-10(4-7)12(16)14(11(9)15)5-8(13)6-17-2/h7-10H,3-6,13H2,1-2H3. The first kappa shape index (κ1) is 12.5. The largest absolute Gasteiger partial charge is 0.383 e. The van der Waals surface area contributed by atoms with Gasteiger partial charge in [-0.25, -0.2) is 0 Å². The van der Waals surface area contributed by atoms with E-state index < -0.39 is 0 Å². The molecule has 5 nitrogen and oxygen atoms in total. The number of hydrogen-bond donors (Lipinski definition) is 1. The predicted molar refractivity (Wildman–Crippen MR) is 61.9 cm³/mol. The summed E-state index contributed by atoms with van der Waals surface area (Å²) in [5.41, 5.74) is 5.80. The minimum absolute atomic E-state index is 0.0316. The first-order valence-electron chi connectivity index (χ1n) is 6.14. The van der Waals surface area contributed by atoms with E-state index in [-0.39, 0.29) is 36.2 Å². The summed E-state index contributed by atoms with van der Waals surface area (Å²) in [7, 11) is 1.56. The number of rotatable bonds is 4. The summed E-state index contributed by atoms with van der Waals surface area (Å²) < 4.78 is 4.92. The Morgan fingerprint density at radius 2 is 1.88 bits per heavy atom. The Morgan fingerprint density at radius 3 is 2.35 bits per heavy atom. The van der Waals surface area contributed by atoms with Crippen LogP contribution in [-0.4, -0.2) is 43.0 Å². The number of fused-ring (bicyclic) bond motifs is 1. The molecule has 0 bridgehead atoms. The van der Waals surface area contributed by atoms with E-state index >= 15 is 0 Å². The second-order valence-corrected chi connectivity index (χ2v) is 5.29. The van der Waals surface area contributed by atoms with E-state index in [1.807, 2.05) is 0 Å². The monoisotopic (exact) mass is 240 g/mol. The van der Waals surface area contributed by atoms with Crippen molar-refractivity contribution in [1.82, 2.24) is 4.90 Å². The lowest BCUT2D eigenvalue weighted by Gasteiger charge is -2.20. The summed E-state index contributed by atoms with van der Waals surface area (Å²) in [6, 6.07) is -0.288. The molecule has 2 rings (SSSR count). The third-order valence-electron chi connectivity index (χ3n) is 3.76. The molecule has 0 spiro atoms. The zero-order valence-electron chi connectivity index (χ0n) is 10.4. The number of amides is 2. The van der Waals surface area contributed by atoms with E-state index in [1.165, 1.54) is 4.90 Å². The summed E-state index contributed by atoms with van der Waals surface area (Å²) in [6.07, 6.45) is 1.68. The molecule has 1 saturated carbocycles. The Kier molecular flexibility index (Phi) is 3.49. The van der Waals surface area contributed by atoms with Crippen LogP contribution in [0, 0.1) is 17.8 Å². The molecular weight excluding hydrogens is 220 g/mol. The van der Waals surface area contributed by atoms with Gasteiger partial charge < -0.3 is 10.5 Å². The Hall–Kier alpha value is -0.940. The fraction of sp³-hybridized carbons (Fsp3) is 0.833. The second-order valence-electron chi connectivity index (χ2n) is 5.29. The summed E-state index contributed by atoms with van der Waals surface area (Å²) in [4.78, 5) is 25.5. The third kappa shape index (κ3) is 2.21. The molecule has 2 fully saturated rings. The maximum absolute atomic E-state index is 12.1. The van der Waals surface area contributed by atoms with E-state index in [9.17, 15) is 9.59 Å². The zero-order valence-corrected chi connectivity index (χ0v) is 10.4. The number of hydrogen-bond acceptors (Lipinski definition) is 4. The lowest BCUT2D eigenvalue weighted by atomic mass is 10.00. The highest BCUT2D eigenvalue weighted by Gasteiger charge is 2.51. The number of imide groups is 1. The third-order valence-corrected chi connectivity index (χ3v) is 3.76. The number of carbonyl (C=O) groups excluding carboxylic acids is 2. The Balaban J connectivity index is 2.02. The van der Waals surface area contributed by atoms with Gasteiger partial charge in [0.15, 0.2) is 0 Å². The van der Waals surface area contributed by atoms with Gasteiger partial charge in [-0.15, -0.1) is 0 Å². The van der Waals surface area contributed by atoms with Gasteiger partial charge in [-0.2, -0.15) is 0 Å². The van der Waals surface area contributed by atoms with Crippen LogP contribution in [0.3, 0.4) is 0 Å². The Morgan fingerprint density at radius 1 is 1.35 bits per heavy atom. The van der Waals surface area contributed by atoms with E-state index in [0.29, 0.717) is 12.5 Å². The van der Waals surface area contributed by atoms with E-state index in [4.69, 9.17) is 10.5 Å². The molecule has 2 amide bonds. The van der Waals surface area contributed by atoms with Crippen LogP contribution in [0.2, 0.25) is 0 Å². The fourth-order valence-corrected chi connectivity index (χ4v) is 3.03. The lowest BCUT2D eigenvalue weighted by Crippen LogP contribution is -2.43. The van der Waals surface area contributed by atoms with Crippen LogP contribution >= 0.6 is 0 Å². The maximum Gasteiger partial charge on any atom is 0.233 e. The molecule has 96 valence electrons. The van der Waals surface area contributed by atoms with Gasteiger partial charge in [0.05, 0.1) is 18.4 Å². The van der Waals surface area contributed by atoms with Crippen molar-refractivity contribution in [2.45, 2.75) is 25.8 Å². The molecule has 2 aliphatic rings. The highest BCUT2D eigenvalue weighted by atomic mass is 16.5. The van der Waals surface area contributed by atoms with Crippen molar-refractivity contribution in [3.8, 4) is 0 Å². The van der Waals surface area contributed by atoms with Crippen LogP contribution in [-0.2, 0) is 14.3 Å². The SMILES string of the molecule is COCC(N)CN1C(=O)C2CC(C)CC2C1=O. The Bertz CT molecular complexity index is 308. The molecule has 0 aromatic carbocycles. The van der Waals surface area contributed by atoms with Crippen molar-refractivity contribution in [2.75, 3.05) is 20.3 Å². The summed E-state index contributed by atoms with van der Waals surface area (Å²) in [5, 5.41) is 0. The summed E-state index contributed by atoms with van der Waals surface area (Å²) in [6.45, 7) is 2.75. The molecule has 1 heterocycles. The minimum atomic E-state index is -0.288. The topological polar surface area (TPSA) is 72.6 Å². The van der Waals surface area contributed by atoms with Crippen LogP contribution in [0.25, 0.3) is 0 Å². The van der Waals surface area contributed by atoms with Gasteiger partial charge in [-0.3, -0.25) is 14.5 Å². The smallest absolute Gasteiger partial charge is 0.233 e. The molecule has 1 saturated heterocycles.